The van der Waals surface area contributed by atoms with Crippen LogP contribution in [0.4, 0.5) is 4.79 Å². The van der Waals surface area contributed by atoms with E-state index in [0.717, 1.165) is 11.1 Å². The number of hydrogen-bond donors (Lipinski definition) is 0. The molecule has 2 rings (SSSR count). The number of carbonyl (C=O) groups is 2. The number of esters is 1. The first-order valence-corrected chi connectivity index (χ1v) is 6.91. The van der Waals surface area contributed by atoms with Crippen molar-refractivity contribution in [1.82, 2.24) is 4.90 Å². The highest BCUT2D eigenvalue weighted by Crippen LogP contribution is 2.26. The Bertz CT molecular complexity index is 536. The van der Waals surface area contributed by atoms with Crippen molar-refractivity contribution < 1.29 is 14.3 Å². The number of ether oxygens (including phenoxy) is 1. The second-order valence-corrected chi connectivity index (χ2v) is 6.23. The molecule has 108 valence electrons. The van der Waals surface area contributed by atoms with E-state index < -0.39 is 23.0 Å². The van der Waals surface area contributed by atoms with Crippen LogP contribution in [0.2, 0.25) is 0 Å². The third-order valence-corrected chi connectivity index (χ3v) is 3.37. The molecule has 0 N–H and O–H groups in total. The van der Waals surface area contributed by atoms with E-state index in [0.29, 0.717) is 13.0 Å². The number of carbonyl (C=O) groups excluding carboxylic acids is 2. The first kappa shape index (κ1) is 14.9. The summed E-state index contributed by atoms with van der Waals surface area (Å²) in [5.74, 6) is -0.416. The van der Waals surface area contributed by atoms with Gasteiger partial charge in [-0.15, -0.1) is 0 Å². The highest BCUT2D eigenvalue weighted by atomic mass is 35.5. The van der Waals surface area contributed by atoms with E-state index in [1.165, 1.54) is 4.90 Å². The van der Waals surface area contributed by atoms with Crippen LogP contribution in [0.1, 0.15) is 31.9 Å². The van der Waals surface area contributed by atoms with Crippen molar-refractivity contribution in [3.8, 4) is 0 Å². The normalized spacial score (nSPS) is 18.4. The average Bonchev–Trinajstić information content (AvgIpc) is 2.35. The molecule has 5 heteroatoms. The zero-order chi connectivity index (χ0) is 14.9. The fourth-order valence-electron chi connectivity index (χ4n) is 2.29. The van der Waals surface area contributed by atoms with Crippen LogP contribution in [0.25, 0.3) is 0 Å². The van der Waals surface area contributed by atoms with Gasteiger partial charge in [-0.05, 0) is 43.5 Å². The summed E-state index contributed by atoms with van der Waals surface area (Å²) in [6, 6.07) is 7.07. The van der Waals surface area contributed by atoms with E-state index in [-0.39, 0.29) is 0 Å². The Balaban J connectivity index is 2.27. The Morgan fingerprint density at radius 2 is 1.85 bits per heavy atom. The molecule has 0 bridgehead atoms. The molecule has 1 aliphatic heterocycles. The number of nitrogens with zero attached hydrogens (tertiary/aromatic N) is 1. The topological polar surface area (TPSA) is 46.6 Å². The molecule has 0 unspecified atom stereocenters. The number of fused-ring (bicyclic) bond motifs is 1. The van der Waals surface area contributed by atoms with Gasteiger partial charge in [-0.25, -0.2) is 4.79 Å². The third-order valence-electron chi connectivity index (χ3n) is 3.15. The van der Waals surface area contributed by atoms with Gasteiger partial charge in [-0.1, -0.05) is 24.3 Å². The predicted molar refractivity (Wildman–Crippen MR) is 76.6 cm³/mol. The van der Waals surface area contributed by atoms with Crippen LogP contribution >= 0.6 is 11.6 Å². The molecule has 1 amide bonds. The molecule has 0 aromatic heterocycles. The van der Waals surface area contributed by atoms with Gasteiger partial charge >= 0.3 is 11.3 Å². The van der Waals surface area contributed by atoms with E-state index in [1.54, 1.807) is 20.8 Å². The molecule has 0 aliphatic carbocycles. The second kappa shape index (κ2) is 5.44. The van der Waals surface area contributed by atoms with E-state index in [1.807, 2.05) is 24.3 Å². The largest absolute Gasteiger partial charge is 0.458 e. The maximum Gasteiger partial charge on any atom is 0.329 e. The molecule has 0 saturated carbocycles. The molecule has 1 heterocycles. The highest BCUT2D eigenvalue weighted by Gasteiger charge is 2.36. The van der Waals surface area contributed by atoms with Crippen LogP contribution in [-0.2, 0) is 22.5 Å². The maximum absolute atomic E-state index is 12.3. The Kier molecular flexibility index (Phi) is 4.04. The lowest BCUT2D eigenvalue weighted by Gasteiger charge is -2.35. The summed E-state index contributed by atoms with van der Waals surface area (Å²) < 4.78 is 5.38. The number of halogens is 1. The van der Waals surface area contributed by atoms with Gasteiger partial charge in [0.15, 0.2) is 0 Å². The summed E-state index contributed by atoms with van der Waals surface area (Å²) in [5.41, 5.74) is 1.48. The molecule has 1 aromatic carbocycles. The van der Waals surface area contributed by atoms with E-state index >= 15 is 0 Å². The van der Waals surface area contributed by atoms with Crippen LogP contribution in [0, 0.1) is 0 Å². The van der Waals surface area contributed by atoms with Crippen LogP contribution in [-0.4, -0.2) is 27.9 Å². The van der Waals surface area contributed by atoms with Gasteiger partial charge in [0.05, 0.1) is 0 Å². The van der Waals surface area contributed by atoms with Gasteiger partial charge in [-0.3, -0.25) is 4.79 Å². The van der Waals surface area contributed by atoms with Gasteiger partial charge in [0, 0.05) is 13.0 Å². The summed E-state index contributed by atoms with van der Waals surface area (Å²) in [6.07, 6.45) is 0.434. The van der Waals surface area contributed by atoms with Crippen molar-refractivity contribution in [2.24, 2.45) is 0 Å². The van der Waals surface area contributed by atoms with E-state index in [4.69, 9.17) is 16.3 Å². The molecule has 0 radical (unpaired) electrons. The number of amides is 1. The second-order valence-electron chi connectivity index (χ2n) is 5.90. The van der Waals surface area contributed by atoms with Gasteiger partial charge in [0.1, 0.15) is 11.6 Å². The fourth-order valence-corrected chi connectivity index (χ4v) is 2.47. The fraction of sp³-hybridized carbons (Fsp3) is 0.467. The number of rotatable bonds is 1. The SMILES string of the molecule is CC(C)(C)OC(=O)[C@@H]1Cc2ccccc2CN1C(=O)Cl. The van der Waals surface area contributed by atoms with Crippen molar-refractivity contribution in [2.75, 3.05) is 0 Å². The van der Waals surface area contributed by atoms with Crippen molar-refractivity contribution in [3.05, 3.63) is 35.4 Å². The lowest BCUT2D eigenvalue weighted by atomic mass is 9.94. The molecule has 0 saturated heterocycles. The van der Waals surface area contributed by atoms with Crippen LogP contribution < -0.4 is 0 Å². The summed E-state index contributed by atoms with van der Waals surface area (Å²) in [4.78, 5) is 25.2. The Morgan fingerprint density at radius 3 is 2.40 bits per heavy atom. The third kappa shape index (κ3) is 3.31. The first-order valence-electron chi connectivity index (χ1n) is 6.53. The summed E-state index contributed by atoms with van der Waals surface area (Å²) in [7, 11) is 0. The lowest BCUT2D eigenvalue weighted by Crippen LogP contribution is -2.49. The van der Waals surface area contributed by atoms with Gasteiger partial charge in [0.25, 0.3) is 0 Å². The number of hydrogen-bond acceptors (Lipinski definition) is 3. The summed E-state index contributed by atoms with van der Waals surface area (Å²) in [6.45, 7) is 5.74. The zero-order valence-corrected chi connectivity index (χ0v) is 12.6. The molecule has 20 heavy (non-hydrogen) atoms. The van der Waals surface area contributed by atoms with E-state index in [9.17, 15) is 9.59 Å². The minimum Gasteiger partial charge on any atom is -0.458 e. The van der Waals surface area contributed by atoms with Gasteiger partial charge in [-0.2, -0.15) is 0 Å². The molecule has 1 aliphatic rings. The predicted octanol–water partition coefficient (Wildman–Crippen LogP) is 3.11. The minimum absolute atomic E-state index is 0.336. The lowest BCUT2D eigenvalue weighted by molar-refractivity contribution is -0.160. The quantitative estimate of drug-likeness (QED) is 0.454. The smallest absolute Gasteiger partial charge is 0.329 e. The van der Waals surface area contributed by atoms with Crippen molar-refractivity contribution in [3.63, 3.8) is 0 Å². The van der Waals surface area contributed by atoms with Gasteiger partial charge < -0.3 is 9.64 Å². The minimum atomic E-state index is -0.658. The van der Waals surface area contributed by atoms with Crippen molar-refractivity contribution >= 4 is 22.9 Å². The molecule has 0 spiro atoms. The standard InChI is InChI=1S/C15H18ClNO3/c1-15(2,3)20-13(18)12-8-10-6-4-5-7-11(10)9-17(12)14(16)19/h4-7,12H,8-9H2,1-3H3/t12-/m0/s1. The molecular weight excluding hydrogens is 278 g/mol. The summed E-state index contributed by atoms with van der Waals surface area (Å²) >= 11 is 5.61. The summed E-state index contributed by atoms with van der Waals surface area (Å²) in [5, 5.41) is -0.629. The molecule has 1 atom stereocenters. The Morgan fingerprint density at radius 1 is 1.25 bits per heavy atom. The molecular formula is C15H18ClNO3. The number of benzene rings is 1. The van der Waals surface area contributed by atoms with Crippen LogP contribution in [0.15, 0.2) is 24.3 Å². The maximum atomic E-state index is 12.3. The van der Waals surface area contributed by atoms with Gasteiger partial charge in [0.2, 0.25) is 0 Å². The Hall–Kier alpha value is -1.55. The monoisotopic (exact) mass is 295 g/mol. The highest BCUT2D eigenvalue weighted by molar-refractivity contribution is 6.63. The Labute approximate surface area is 123 Å². The molecule has 4 nitrogen and oxygen atoms in total. The first-order chi connectivity index (χ1) is 9.28. The van der Waals surface area contributed by atoms with Crippen molar-refractivity contribution in [1.29, 1.82) is 0 Å². The van der Waals surface area contributed by atoms with Crippen LogP contribution in [0.3, 0.4) is 0 Å². The molecule has 1 aromatic rings. The van der Waals surface area contributed by atoms with Crippen LogP contribution in [0.5, 0.6) is 0 Å². The average molecular weight is 296 g/mol. The van der Waals surface area contributed by atoms with E-state index in [2.05, 4.69) is 0 Å². The zero-order valence-electron chi connectivity index (χ0n) is 11.9. The van der Waals surface area contributed by atoms with Crippen molar-refractivity contribution in [2.45, 2.75) is 45.4 Å². The molecule has 0 fully saturated rings.